The number of thiocarbonyl (C=S) groups is 1. The highest BCUT2D eigenvalue weighted by Crippen LogP contribution is 2.37. The van der Waals surface area contributed by atoms with Crippen LogP contribution in [0.15, 0.2) is 0 Å². The summed E-state index contributed by atoms with van der Waals surface area (Å²) in [6.45, 7) is 5.92. The predicted molar refractivity (Wildman–Crippen MR) is 69.5 cm³/mol. The fraction of sp³-hybridized carbons (Fsp3) is 0.917. The first kappa shape index (κ1) is 12.3. The van der Waals surface area contributed by atoms with E-state index in [0.29, 0.717) is 4.99 Å². The quantitative estimate of drug-likeness (QED) is 0.746. The lowest BCUT2D eigenvalue weighted by Gasteiger charge is -2.48. The van der Waals surface area contributed by atoms with Crippen LogP contribution in [0.1, 0.15) is 32.6 Å². The van der Waals surface area contributed by atoms with Gasteiger partial charge in [-0.15, -0.1) is 0 Å². The number of morpholine rings is 1. The molecule has 1 heterocycles. The molecule has 0 spiro atoms. The summed E-state index contributed by atoms with van der Waals surface area (Å²) in [5.74, 6) is 0.823. The average Bonchev–Trinajstić information content (AvgIpc) is 2.31. The molecule has 1 aliphatic heterocycles. The first-order valence-electron chi connectivity index (χ1n) is 6.28. The highest BCUT2D eigenvalue weighted by atomic mass is 32.1. The molecule has 92 valence electrons. The predicted octanol–water partition coefficient (Wildman–Crippen LogP) is 1.55. The number of hydrogen-bond acceptors (Lipinski definition) is 3. The van der Waals surface area contributed by atoms with E-state index in [1.165, 1.54) is 12.8 Å². The number of hydrogen-bond donors (Lipinski definition) is 1. The molecule has 0 aromatic heterocycles. The highest BCUT2D eigenvalue weighted by molar-refractivity contribution is 7.80. The van der Waals surface area contributed by atoms with Crippen LogP contribution in [0.5, 0.6) is 0 Å². The van der Waals surface area contributed by atoms with Crippen LogP contribution in [0.2, 0.25) is 0 Å². The summed E-state index contributed by atoms with van der Waals surface area (Å²) >= 11 is 5.34. The molecule has 0 radical (unpaired) electrons. The van der Waals surface area contributed by atoms with E-state index < -0.39 is 0 Å². The minimum Gasteiger partial charge on any atom is -0.392 e. The molecule has 4 heteroatoms. The maximum Gasteiger partial charge on any atom is 0.0934 e. The van der Waals surface area contributed by atoms with Crippen LogP contribution in [0.3, 0.4) is 0 Å². The molecule has 3 nitrogen and oxygen atoms in total. The van der Waals surface area contributed by atoms with Gasteiger partial charge < -0.3 is 10.5 Å². The van der Waals surface area contributed by atoms with Crippen molar-refractivity contribution in [3.8, 4) is 0 Å². The summed E-state index contributed by atoms with van der Waals surface area (Å²) in [5.41, 5.74) is 6.02. The molecule has 0 atom stereocenters. The van der Waals surface area contributed by atoms with Gasteiger partial charge in [0, 0.05) is 13.1 Å². The van der Waals surface area contributed by atoms with Crippen molar-refractivity contribution in [1.29, 1.82) is 0 Å². The molecule has 16 heavy (non-hydrogen) atoms. The number of rotatable bonds is 2. The van der Waals surface area contributed by atoms with Gasteiger partial charge in [-0.3, -0.25) is 4.90 Å². The lowest BCUT2D eigenvalue weighted by Crippen LogP contribution is -2.61. The molecule has 2 N–H and O–H groups in total. The third-order valence-corrected chi connectivity index (χ3v) is 4.56. The normalized spacial score (nSPS) is 37.2. The second-order valence-electron chi connectivity index (χ2n) is 5.18. The summed E-state index contributed by atoms with van der Waals surface area (Å²) in [6.07, 6.45) is 4.75. The molecule has 2 rings (SSSR count). The van der Waals surface area contributed by atoms with Crippen LogP contribution >= 0.6 is 12.2 Å². The summed E-state index contributed by atoms with van der Waals surface area (Å²) < 4.78 is 5.41. The first-order valence-corrected chi connectivity index (χ1v) is 6.69. The fourth-order valence-electron chi connectivity index (χ4n) is 2.95. The van der Waals surface area contributed by atoms with Gasteiger partial charge in [0.25, 0.3) is 0 Å². The first-order chi connectivity index (χ1) is 7.65. The van der Waals surface area contributed by atoms with E-state index >= 15 is 0 Å². The van der Waals surface area contributed by atoms with Crippen LogP contribution in [0.4, 0.5) is 0 Å². The second-order valence-corrected chi connectivity index (χ2v) is 5.62. The van der Waals surface area contributed by atoms with E-state index in [0.717, 1.165) is 45.1 Å². The van der Waals surface area contributed by atoms with Crippen LogP contribution in [-0.4, -0.2) is 41.7 Å². The van der Waals surface area contributed by atoms with Crippen molar-refractivity contribution >= 4 is 17.2 Å². The topological polar surface area (TPSA) is 38.5 Å². The van der Waals surface area contributed by atoms with Gasteiger partial charge in [-0.2, -0.15) is 0 Å². The zero-order valence-electron chi connectivity index (χ0n) is 10.1. The zero-order chi connectivity index (χ0) is 11.6. The molecule has 1 aliphatic carbocycles. The van der Waals surface area contributed by atoms with Gasteiger partial charge in [0.2, 0.25) is 0 Å². The Labute approximate surface area is 103 Å². The van der Waals surface area contributed by atoms with Crippen LogP contribution in [0, 0.1) is 5.92 Å². The van der Waals surface area contributed by atoms with Gasteiger partial charge >= 0.3 is 0 Å². The maximum atomic E-state index is 6.03. The van der Waals surface area contributed by atoms with Crippen molar-refractivity contribution in [2.24, 2.45) is 11.7 Å². The highest BCUT2D eigenvalue weighted by Gasteiger charge is 2.42. The minimum atomic E-state index is -0.00831. The van der Waals surface area contributed by atoms with Gasteiger partial charge in [-0.25, -0.2) is 0 Å². The zero-order valence-corrected chi connectivity index (χ0v) is 10.9. The van der Waals surface area contributed by atoms with Gasteiger partial charge in [-0.05, 0) is 31.6 Å². The molecular weight excluding hydrogens is 220 g/mol. The maximum absolute atomic E-state index is 6.03. The van der Waals surface area contributed by atoms with Crippen molar-refractivity contribution in [3.05, 3.63) is 0 Å². The minimum absolute atomic E-state index is 0.00831. The number of nitrogens with zero attached hydrogens (tertiary/aromatic N) is 1. The van der Waals surface area contributed by atoms with E-state index in [9.17, 15) is 0 Å². The molecule has 0 bridgehead atoms. The Morgan fingerprint density at radius 3 is 2.38 bits per heavy atom. The van der Waals surface area contributed by atoms with E-state index in [1.54, 1.807) is 0 Å². The molecule has 0 aromatic rings. The number of ether oxygens (including phenoxy) is 1. The van der Waals surface area contributed by atoms with Gasteiger partial charge in [0.15, 0.2) is 0 Å². The smallest absolute Gasteiger partial charge is 0.0934 e. The lowest BCUT2D eigenvalue weighted by atomic mass is 9.75. The van der Waals surface area contributed by atoms with Crippen molar-refractivity contribution in [2.45, 2.75) is 38.1 Å². The lowest BCUT2D eigenvalue weighted by molar-refractivity contribution is -0.0137. The number of nitrogens with two attached hydrogens (primary N) is 1. The van der Waals surface area contributed by atoms with E-state index in [4.69, 9.17) is 22.7 Å². The van der Waals surface area contributed by atoms with E-state index in [-0.39, 0.29) is 5.54 Å². The Morgan fingerprint density at radius 2 is 1.88 bits per heavy atom. The SMILES string of the molecule is CC1CCC(C(N)=S)(N2CCOCC2)CC1. The third kappa shape index (κ3) is 2.24. The van der Waals surface area contributed by atoms with Crippen molar-refractivity contribution in [3.63, 3.8) is 0 Å². The Balaban J connectivity index is 2.11. The molecule has 0 aromatic carbocycles. The molecule has 0 amide bonds. The van der Waals surface area contributed by atoms with E-state index in [1.807, 2.05) is 0 Å². The second kappa shape index (κ2) is 4.98. The molecular formula is C12H22N2OS. The summed E-state index contributed by atoms with van der Waals surface area (Å²) in [4.78, 5) is 3.16. The summed E-state index contributed by atoms with van der Waals surface area (Å²) in [5, 5.41) is 0. The molecule has 1 saturated heterocycles. The monoisotopic (exact) mass is 242 g/mol. The molecule has 2 fully saturated rings. The Bertz CT molecular complexity index is 256. The van der Waals surface area contributed by atoms with Gasteiger partial charge in [0.05, 0.1) is 23.7 Å². The summed E-state index contributed by atoms with van der Waals surface area (Å²) in [7, 11) is 0. The van der Waals surface area contributed by atoms with Gasteiger partial charge in [-0.1, -0.05) is 19.1 Å². The van der Waals surface area contributed by atoms with Crippen molar-refractivity contribution in [1.82, 2.24) is 4.90 Å². The summed E-state index contributed by atoms with van der Waals surface area (Å²) in [6, 6.07) is 0. The van der Waals surface area contributed by atoms with Crippen LogP contribution in [-0.2, 0) is 4.74 Å². The third-order valence-electron chi connectivity index (χ3n) is 4.18. The van der Waals surface area contributed by atoms with E-state index in [2.05, 4.69) is 11.8 Å². The molecule has 0 unspecified atom stereocenters. The van der Waals surface area contributed by atoms with Crippen molar-refractivity contribution in [2.75, 3.05) is 26.3 Å². The van der Waals surface area contributed by atoms with Crippen LogP contribution in [0.25, 0.3) is 0 Å². The fourth-order valence-corrected chi connectivity index (χ4v) is 3.28. The Kier molecular flexibility index (Phi) is 3.82. The van der Waals surface area contributed by atoms with Crippen molar-refractivity contribution < 1.29 is 4.74 Å². The van der Waals surface area contributed by atoms with Gasteiger partial charge in [0.1, 0.15) is 0 Å². The molecule has 1 saturated carbocycles. The average molecular weight is 242 g/mol. The molecule has 2 aliphatic rings. The Hall–Kier alpha value is -0.190. The largest absolute Gasteiger partial charge is 0.392 e. The van der Waals surface area contributed by atoms with Crippen LogP contribution < -0.4 is 5.73 Å². The standard InChI is InChI=1S/C12H22N2OS/c1-10-2-4-12(5-3-10,11(13)16)14-6-8-15-9-7-14/h10H,2-9H2,1H3,(H2,13,16). The Morgan fingerprint density at radius 1 is 1.31 bits per heavy atom.